The number of hydrogen-bond acceptors (Lipinski definition) is 4. The molecular formula is C17H13NO3S. The summed E-state index contributed by atoms with van der Waals surface area (Å²) in [6.07, 6.45) is 1.70. The van der Waals surface area contributed by atoms with Gasteiger partial charge in [-0.25, -0.2) is 0 Å². The number of ether oxygens (including phenoxy) is 1. The van der Waals surface area contributed by atoms with E-state index in [9.17, 15) is 9.59 Å². The van der Waals surface area contributed by atoms with Crippen molar-refractivity contribution in [1.82, 2.24) is 4.90 Å². The van der Waals surface area contributed by atoms with Crippen LogP contribution in [-0.2, 0) is 4.79 Å². The van der Waals surface area contributed by atoms with Crippen LogP contribution in [-0.4, -0.2) is 23.1 Å². The van der Waals surface area contributed by atoms with Crippen LogP contribution in [0.2, 0.25) is 0 Å². The van der Waals surface area contributed by atoms with E-state index in [2.05, 4.69) is 0 Å². The van der Waals surface area contributed by atoms with Crippen molar-refractivity contribution < 1.29 is 14.3 Å². The molecule has 0 bridgehead atoms. The minimum atomic E-state index is -0.274. The third-order valence-electron chi connectivity index (χ3n) is 3.12. The zero-order valence-electron chi connectivity index (χ0n) is 11.9. The highest BCUT2D eigenvalue weighted by atomic mass is 32.2. The van der Waals surface area contributed by atoms with Gasteiger partial charge in [-0.1, -0.05) is 30.3 Å². The van der Waals surface area contributed by atoms with Gasteiger partial charge in [0.1, 0.15) is 11.5 Å². The first-order chi connectivity index (χ1) is 10.6. The van der Waals surface area contributed by atoms with Crippen molar-refractivity contribution in [2.45, 2.75) is 0 Å². The molecule has 1 aliphatic heterocycles. The Hall–Kier alpha value is -2.53. The molecule has 2 aromatic rings. The number of rotatable bonds is 3. The number of amides is 2. The predicted molar refractivity (Wildman–Crippen MR) is 86.7 cm³/mol. The average molecular weight is 311 g/mol. The summed E-state index contributed by atoms with van der Waals surface area (Å²) >= 11 is 0.944. The van der Waals surface area contributed by atoms with Crippen molar-refractivity contribution in [2.75, 3.05) is 7.05 Å². The maximum atomic E-state index is 11.9. The lowest BCUT2D eigenvalue weighted by molar-refractivity contribution is -0.121. The number of nitrogens with zero attached hydrogens (tertiary/aromatic N) is 1. The van der Waals surface area contributed by atoms with Crippen LogP contribution >= 0.6 is 11.8 Å². The first kappa shape index (κ1) is 14.4. The highest BCUT2D eigenvalue weighted by Crippen LogP contribution is 2.31. The molecule has 0 aliphatic carbocycles. The van der Waals surface area contributed by atoms with Crippen LogP contribution in [0.3, 0.4) is 0 Å². The second kappa shape index (κ2) is 6.07. The lowest BCUT2D eigenvalue weighted by Crippen LogP contribution is -2.22. The molecule has 0 atom stereocenters. The molecule has 5 heteroatoms. The normalized spacial score (nSPS) is 16.4. The molecule has 2 aromatic carbocycles. The average Bonchev–Trinajstić information content (AvgIpc) is 2.76. The summed E-state index contributed by atoms with van der Waals surface area (Å²) in [6, 6.07) is 16.8. The quantitative estimate of drug-likeness (QED) is 0.799. The summed E-state index contributed by atoms with van der Waals surface area (Å²) in [5.74, 6) is 1.15. The Labute approximate surface area is 132 Å². The van der Waals surface area contributed by atoms with E-state index < -0.39 is 0 Å². The summed E-state index contributed by atoms with van der Waals surface area (Å²) in [5, 5.41) is -0.257. The van der Waals surface area contributed by atoms with E-state index in [0.29, 0.717) is 10.7 Å². The molecule has 3 rings (SSSR count). The Kier molecular flexibility index (Phi) is 3.98. The van der Waals surface area contributed by atoms with Gasteiger partial charge in [-0.3, -0.25) is 14.5 Å². The molecule has 0 unspecified atom stereocenters. The molecule has 1 heterocycles. The van der Waals surface area contributed by atoms with Crippen LogP contribution in [0, 0.1) is 0 Å². The fourth-order valence-electron chi connectivity index (χ4n) is 1.99. The lowest BCUT2D eigenvalue weighted by Gasteiger charge is -2.06. The van der Waals surface area contributed by atoms with Crippen molar-refractivity contribution in [1.29, 1.82) is 0 Å². The van der Waals surface area contributed by atoms with Crippen molar-refractivity contribution in [3.05, 3.63) is 65.1 Å². The van der Waals surface area contributed by atoms with E-state index in [1.54, 1.807) is 6.08 Å². The Morgan fingerprint density at radius 3 is 2.41 bits per heavy atom. The molecule has 0 saturated carbocycles. The van der Waals surface area contributed by atoms with Gasteiger partial charge in [-0.2, -0.15) is 0 Å². The maximum absolute atomic E-state index is 11.9. The number of para-hydroxylation sites is 1. The molecule has 0 aromatic heterocycles. The topological polar surface area (TPSA) is 46.6 Å². The van der Waals surface area contributed by atoms with E-state index in [1.165, 1.54) is 7.05 Å². The van der Waals surface area contributed by atoms with E-state index in [4.69, 9.17) is 4.74 Å². The molecule has 4 nitrogen and oxygen atoms in total. The van der Waals surface area contributed by atoms with Crippen LogP contribution in [0.1, 0.15) is 5.56 Å². The summed E-state index contributed by atoms with van der Waals surface area (Å²) in [4.78, 5) is 24.9. The monoisotopic (exact) mass is 311 g/mol. The van der Waals surface area contributed by atoms with Gasteiger partial charge in [0.2, 0.25) is 0 Å². The van der Waals surface area contributed by atoms with E-state index in [1.807, 2.05) is 54.6 Å². The smallest absolute Gasteiger partial charge is 0.293 e. The molecule has 22 heavy (non-hydrogen) atoms. The van der Waals surface area contributed by atoms with Crippen molar-refractivity contribution in [3.8, 4) is 11.5 Å². The van der Waals surface area contributed by atoms with E-state index in [0.717, 1.165) is 28.0 Å². The highest BCUT2D eigenvalue weighted by Gasteiger charge is 2.31. The molecule has 0 N–H and O–H groups in total. The van der Waals surface area contributed by atoms with Gasteiger partial charge in [-0.05, 0) is 47.7 Å². The third-order valence-corrected chi connectivity index (χ3v) is 4.08. The fourth-order valence-corrected chi connectivity index (χ4v) is 2.82. The van der Waals surface area contributed by atoms with Crippen molar-refractivity contribution in [2.24, 2.45) is 0 Å². The minimum absolute atomic E-state index is 0.257. The number of imide groups is 1. The standard InChI is InChI=1S/C17H13NO3S/c1-18-16(19)15(22-17(18)20)11-12-6-5-9-14(10-12)21-13-7-3-2-4-8-13/h2-11H,1H3/b15-11-. The maximum Gasteiger partial charge on any atom is 0.293 e. The van der Waals surface area contributed by atoms with Gasteiger partial charge in [0.15, 0.2) is 0 Å². The van der Waals surface area contributed by atoms with Gasteiger partial charge in [0, 0.05) is 7.05 Å². The minimum Gasteiger partial charge on any atom is -0.457 e. The van der Waals surface area contributed by atoms with Crippen LogP contribution in [0.5, 0.6) is 11.5 Å². The number of likely N-dealkylation sites (N-methyl/N-ethyl adjacent to an activating group) is 1. The van der Waals surface area contributed by atoms with Crippen LogP contribution < -0.4 is 4.74 Å². The first-order valence-electron chi connectivity index (χ1n) is 6.68. The zero-order valence-corrected chi connectivity index (χ0v) is 12.7. The summed E-state index contributed by atoms with van der Waals surface area (Å²) < 4.78 is 5.75. The molecule has 0 radical (unpaired) electrons. The zero-order chi connectivity index (χ0) is 15.5. The lowest BCUT2D eigenvalue weighted by atomic mass is 10.2. The number of thioether (sulfide) groups is 1. The van der Waals surface area contributed by atoms with Crippen LogP contribution in [0.4, 0.5) is 4.79 Å². The first-order valence-corrected chi connectivity index (χ1v) is 7.50. The summed E-state index contributed by atoms with van der Waals surface area (Å²) in [7, 11) is 1.48. The summed E-state index contributed by atoms with van der Waals surface area (Å²) in [6.45, 7) is 0. The molecule has 110 valence electrons. The van der Waals surface area contributed by atoms with Gasteiger partial charge in [0.05, 0.1) is 4.91 Å². The molecule has 1 saturated heterocycles. The molecule has 1 fully saturated rings. The fraction of sp³-hybridized carbons (Fsp3) is 0.0588. The third kappa shape index (κ3) is 3.04. The molecular weight excluding hydrogens is 298 g/mol. The number of benzene rings is 2. The second-order valence-electron chi connectivity index (χ2n) is 4.73. The molecule has 2 amide bonds. The highest BCUT2D eigenvalue weighted by molar-refractivity contribution is 8.18. The molecule has 1 aliphatic rings. The van der Waals surface area contributed by atoms with E-state index in [-0.39, 0.29) is 11.1 Å². The Morgan fingerprint density at radius 2 is 1.73 bits per heavy atom. The largest absolute Gasteiger partial charge is 0.457 e. The van der Waals surface area contributed by atoms with E-state index >= 15 is 0 Å². The van der Waals surface area contributed by atoms with Gasteiger partial charge in [-0.15, -0.1) is 0 Å². The SMILES string of the molecule is CN1C(=O)S/C(=C\c2cccc(Oc3ccccc3)c2)C1=O. The molecule has 0 spiro atoms. The number of hydrogen-bond donors (Lipinski definition) is 0. The summed E-state index contributed by atoms with van der Waals surface area (Å²) in [5.41, 5.74) is 0.812. The van der Waals surface area contributed by atoms with Crippen LogP contribution in [0.15, 0.2) is 59.5 Å². The number of carbonyl (C=O) groups excluding carboxylic acids is 2. The van der Waals surface area contributed by atoms with Crippen molar-refractivity contribution >= 4 is 29.0 Å². The van der Waals surface area contributed by atoms with Crippen molar-refractivity contribution in [3.63, 3.8) is 0 Å². The second-order valence-corrected chi connectivity index (χ2v) is 5.72. The Bertz CT molecular complexity index is 756. The predicted octanol–water partition coefficient (Wildman–Crippen LogP) is 4.15. The van der Waals surface area contributed by atoms with Gasteiger partial charge >= 0.3 is 0 Å². The van der Waals surface area contributed by atoms with Gasteiger partial charge < -0.3 is 4.74 Å². The Balaban J connectivity index is 1.83. The Morgan fingerprint density at radius 1 is 1.00 bits per heavy atom. The van der Waals surface area contributed by atoms with Gasteiger partial charge in [0.25, 0.3) is 11.1 Å². The number of carbonyl (C=O) groups is 2. The van der Waals surface area contributed by atoms with Crippen LogP contribution in [0.25, 0.3) is 6.08 Å².